The number of hydrogen-bond donors (Lipinski definition) is 0. The number of ether oxygens (including phenoxy) is 2. The zero-order chi connectivity index (χ0) is 34.5. The molecule has 0 aromatic rings. The van der Waals surface area contributed by atoms with E-state index in [0.29, 0.717) is 0 Å². The van der Waals surface area contributed by atoms with Gasteiger partial charge in [0, 0.05) is 18.4 Å². The molecule has 1 unspecified atom stereocenters. The summed E-state index contributed by atoms with van der Waals surface area (Å²) in [5.41, 5.74) is -17.6. The van der Waals surface area contributed by atoms with E-state index in [9.17, 15) is 69.5 Å². The summed E-state index contributed by atoms with van der Waals surface area (Å²) >= 11 is 0. The summed E-state index contributed by atoms with van der Waals surface area (Å²) in [5.74, 6) is 0.128. The lowest BCUT2D eigenvalue weighted by Gasteiger charge is -2.20. The fourth-order valence-corrected chi connectivity index (χ4v) is 3.66. The zero-order valence-corrected chi connectivity index (χ0v) is 23.4. The largest absolute Gasteiger partial charge is 0.536 e. The molecule has 2 aliphatic rings. The van der Waals surface area contributed by atoms with Crippen molar-refractivity contribution >= 4 is 31.7 Å². The average molecular weight is 718 g/mol. The second-order valence-corrected chi connectivity index (χ2v) is 11.6. The maximum atomic E-state index is 13.2. The molecule has 0 aromatic carbocycles. The molecule has 0 N–H and O–H groups in total. The van der Waals surface area contributed by atoms with E-state index in [-0.39, 0.29) is 38.2 Å². The summed E-state index contributed by atoms with van der Waals surface area (Å²) in [7, 11) is -12.9. The lowest BCUT2D eigenvalue weighted by atomic mass is 9.99. The van der Waals surface area contributed by atoms with E-state index in [1.165, 1.54) is 0 Å². The Bertz CT molecular complexity index is 1480. The molecule has 1 atom stereocenters. The predicted molar refractivity (Wildman–Crippen MR) is 127 cm³/mol. The smallest absolute Gasteiger partial charge is 0.498 e. The van der Waals surface area contributed by atoms with E-state index in [4.69, 9.17) is 9.47 Å². The molecular weight excluding hydrogens is 700 g/mol. The summed E-state index contributed by atoms with van der Waals surface area (Å²) in [6.07, 6.45) is -7.89. The van der Waals surface area contributed by atoms with Gasteiger partial charge >= 0.3 is 43.6 Å². The summed E-state index contributed by atoms with van der Waals surface area (Å²) < 4.78 is 214. The molecule has 0 heterocycles. The van der Waals surface area contributed by atoms with Crippen LogP contribution in [0.15, 0.2) is 57.6 Å². The predicted octanol–water partition coefficient (Wildman–Crippen LogP) is 5.84. The van der Waals surface area contributed by atoms with Crippen LogP contribution < -0.4 is 0 Å². The number of oxime groups is 2. The van der Waals surface area contributed by atoms with Crippen LogP contribution in [0, 0.1) is 0 Å². The SMILES string of the molecule is O=S(=O)(O/N=C(/C1=CCC(OCCCOC2=CC=C(/C(=N/OS(=O)(=O)C(F)(F)F)C(F)(F)F)CC2)C=C1)C(F)(F)F)C(F)(F)F. The van der Waals surface area contributed by atoms with Crippen LogP contribution in [0.5, 0.6) is 0 Å². The molecule has 45 heavy (non-hydrogen) atoms. The van der Waals surface area contributed by atoms with E-state index in [2.05, 4.69) is 18.9 Å². The van der Waals surface area contributed by atoms with Crippen LogP contribution in [0.3, 0.4) is 0 Å². The van der Waals surface area contributed by atoms with Gasteiger partial charge < -0.3 is 9.47 Å². The van der Waals surface area contributed by atoms with Gasteiger partial charge in [-0.2, -0.15) is 69.5 Å². The molecule has 0 fully saturated rings. The minimum absolute atomic E-state index is 0.0738. The van der Waals surface area contributed by atoms with E-state index >= 15 is 0 Å². The maximum absolute atomic E-state index is 13.2. The van der Waals surface area contributed by atoms with Crippen LogP contribution in [0.4, 0.5) is 52.7 Å². The van der Waals surface area contributed by atoms with E-state index in [1.54, 1.807) is 0 Å². The Morgan fingerprint density at radius 1 is 0.756 bits per heavy atom. The molecule has 2 rings (SSSR count). The highest BCUT2D eigenvalue weighted by Gasteiger charge is 2.51. The first-order chi connectivity index (χ1) is 20.4. The molecule has 0 bridgehead atoms. The highest BCUT2D eigenvalue weighted by Crippen LogP contribution is 2.32. The van der Waals surface area contributed by atoms with Crippen molar-refractivity contribution in [2.75, 3.05) is 13.2 Å². The van der Waals surface area contributed by atoms with Crippen molar-refractivity contribution in [2.45, 2.75) is 55.2 Å². The maximum Gasteiger partial charge on any atom is 0.536 e. The summed E-state index contributed by atoms with van der Waals surface area (Å²) in [6.45, 7) is -0.162. The van der Waals surface area contributed by atoms with Crippen LogP contribution in [0.2, 0.25) is 0 Å². The van der Waals surface area contributed by atoms with E-state index < -0.39 is 78.7 Å². The highest BCUT2D eigenvalue weighted by atomic mass is 32.2. The number of rotatable bonds is 12. The van der Waals surface area contributed by atoms with Crippen LogP contribution in [-0.2, 0) is 38.3 Å². The van der Waals surface area contributed by atoms with Crippen molar-refractivity contribution in [1.29, 1.82) is 0 Å². The molecule has 10 nitrogen and oxygen atoms in total. The molecule has 0 amide bonds. The second-order valence-electron chi connectivity index (χ2n) is 8.51. The molecule has 256 valence electrons. The van der Waals surface area contributed by atoms with Gasteiger partial charge in [-0.1, -0.05) is 34.6 Å². The Morgan fingerprint density at radius 3 is 1.71 bits per heavy atom. The van der Waals surface area contributed by atoms with Gasteiger partial charge in [-0.3, -0.25) is 8.57 Å². The van der Waals surface area contributed by atoms with Crippen LogP contribution in [0.1, 0.15) is 25.7 Å². The van der Waals surface area contributed by atoms with Crippen LogP contribution in [-0.4, -0.2) is 70.9 Å². The van der Waals surface area contributed by atoms with E-state index in [0.717, 1.165) is 30.4 Å². The minimum atomic E-state index is -6.44. The third kappa shape index (κ3) is 10.9. The number of alkyl halides is 12. The Balaban J connectivity index is 1.91. The average Bonchev–Trinajstić information content (AvgIpc) is 2.87. The summed E-state index contributed by atoms with van der Waals surface area (Å²) in [6, 6.07) is 0. The zero-order valence-electron chi connectivity index (χ0n) is 21.7. The topological polar surface area (TPSA) is 130 Å². The van der Waals surface area contributed by atoms with Crippen molar-refractivity contribution in [3.05, 3.63) is 47.3 Å². The summed E-state index contributed by atoms with van der Waals surface area (Å²) in [4.78, 5) is 0. The van der Waals surface area contributed by atoms with Crippen molar-refractivity contribution in [3.8, 4) is 0 Å². The quantitative estimate of drug-likeness (QED) is 0.0810. The van der Waals surface area contributed by atoms with Crippen molar-refractivity contribution in [1.82, 2.24) is 0 Å². The molecule has 24 heteroatoms. The van der Waals surface area contributed by atoms with Gasteiger partial charge in [-0.05, 0) is 24.5 Å². The van der Waals surface area contributed by atoms with Crippen molar-refractivity contribution in [2.24, 2.45) is 10.3 Å². The Morgan fingerprint density at radius 2 is 1.29 bits per heavy atom. The first-order valence-corrected chi connectivity index (χ1v) is 14.5. The Labute approximate surface area is 245 Å². The van der Waals surface area contributed by atoms with E-state index in [1.807, 2.05) is 0 Å². The molecule has 0 saturated carbocycles. The van der Waals surface area contributed by atoms with Gasteiger partial charge in [0.25, 0.3) is 0 Å². The van der Waals surface area contributed by atoms with Crippen LogP contribution >= 0.6 is 0 Å². The molecular formula is C21H18F12N2O8S2. The molecule has 0 aliphatic heterocycles. The molecule has 0 aromatic heterocycles. The fraction of sp³-hybridized carbons (Fsp3) is 0.524. The highest BCUT2D eigenvalue weighted by molar-refractivity contribution is 7.87. The normalized spacial score (nSPS) is 19.5. The standard InChI is InChI=1S/C21H18F12N2O8S2/c22-18(23,24)16(34-42-44(36,37)20(28,29)30)12-2-6-14(7-3-12)40-10-1-11-41-15-8-4-13(5-9-15)17(19(25,26)27)35-43-45(38,39)21(31,32)33/h2-4,6,8,14H,1,5,7,9-11H2/b34-16-,35-17-. The van der Waals surface area contributed by atoms with Crippen molar-refractivity contribution < 1.29 is 87.6 Å². The van der Waals surface area contributed by atoms with Gasteiger partial charge in [0.15, 0.2) is 11.4 Å². The fourth-order valence-electron chi connectivity index (χ4n) is 3.15. The molecule has 0 saturated heterocycles. The van der Waals surface area contributed by atoms with Gasteiger partial charge in [-0.25, -0.2) is 0 Å². The van der Waals surface area contributed by atoms with Gasteiger partial charge in [0.1, 0.15) is 0 Å². The molecule has 2 aliphatic carbocycles. The lowest BCUT2D eigenvalue weighted by molar-refractivity contribution is -0.0638. The molecule has 0 radical (unpaired) electrons. The number of hydrogen-bond acceptors (Lipinski definition) is 10. The Kier molecular flexibility index (Phi) is 11.8. The third-order valence-electron chi connectivity index (χ3n) is 5.21. The Hall–Kier alpha value is -3.28. The summed E-state index contributed by atoms with van der Waals surface area (Å²) in [5, 5.41) is 4.28. The lowest BCUT2D eigenvalue weighted by Crippen LogP contribution is -2.29. The van der Waals surface area contributed by atoms with Gasteiger partial charge in [0.05, 0.1) is 25.1 Å². The first kappa shape index (κ1) is 37.9. The second kappa shape index (κ2) is 14.0. The number of nitrogens with zero attached hydrogens (tertiary/aromatic N) is 2. The van der Waals surface area contributed by atoms with Gasteiger partial charge in [0.2, 0.25) is 0 Å². The monoisotopic (exact) mass is 718 g/mol. The third-order valence-corrected chi connectivity index (χ3v) is 6.89. The first-order valence-electron chi connectivity index (χ1n) is 11.7. The van der Waals surface area contributed by atoms with Gasteiger partial charge in [-0.15, -0.1) is 0 Å². The van der Waals surface area contributed by atoms with Crippen LogP contribution in [0.25, 0.3) is 0 Å². The van der Waals surface area contributed by atoms with Crippen molar-refractivity contribution in [3.63, 3.8) is 0 Å². The number of allylic oxidation sites excluding steroid dienone is 6. The number of halogens is 12. The molecule has 0 spiro atoms. The minimum Gasteiger partial charge on any atom is -0.498 e.